The number of hydrogen-bond acceptors (Lipinski definition) is 4. The lowest BCUT2D eigenvalue weighted by Crippen LogP contribution is -2.12. The number of H-pyrrole nitrogens is 1. The molecule has 0 atom stereocenters. The second-order valence-electron chi connectivity index (χ2n) is 4.83. The summed E-state index contributed by atoms with van der Waals surface area (Å²) in [4.78, 5) is 21.8. The highest BCUT2D eigenvalue weighted by Gasteiger charge is 2.16. The summed E-state index contributed by atoms with van der Waals surface area (Å²) in [5, 5.41) is 0.685. The van der Waals surface area contributed by atoms with Crippen molar-refractivity contribution in [3.63, 3.8) is 0 Å². The fraction of sp³-hybridized carbons (Fsp3) is 0.250. The van der Waals surface area contributed by atoms with Crippen LogP contribution in [0.5, 0.6) is 0 Å². The van der Waals surface area contributed by atoms with Gasteiger partial charge in [0.25, 0.3) is 5.56 Å². The molecule has 3 aromatic rings. The number of methoxy groups -OCH3 is 1. The van der Waals surface area contributed by atoms with E-state index in [2.05, 4.69) is 9.97 Å². The normalized spacial score (nSPS) is 11.1. The molecule has 3 rings (SSSR count). The molecule has 2 heterocycles. The number of thiophene rings is 1. The maximum atomic E-state index is 12.4. The largest absolute Gasteiger partial charge is 0.384 e. The third-order valence-electron chi connectivity index (χ3n) is 3.39. The van der Waals surface area contributed by atoms with E-state index in [-0.39, 0.29) is 5.56 Å². The zero-order valence-corrected chi connectivity index (χ0v) is 12.8. The SMILES string of the molecule is COCCc1nc2sc(C)c(-c3ccccc3)c2c(=O)[nH]1. The highest BCUT2D eigenvalue weighted by Crippen LogP contribution is 2.35. The molecule has 0 radical (unpaired) electrons. The smallest absolute Gasteiger partial charge is 0.260 e. The Morgan fingerprint density at radius 3 is 2.76 bits per heavy atom. The number of nitrogens with zero attached hydrogens (tertiary/aromatic N) is 1. The van der Waals surface area contributed by atoms with Crippen molar-refractivity contribution in [3.8, 4) is 11.1 Å². The van der Waals surface area contributed by atoms with Crippen LogP contribution in [0.4, 0.5) is 0 Å². The molecule has 0 spiro atoms. The number of nitrogens with one attached hydrogen (secondary N) is 1. The fourth-order valence-corrected chi connectivity index (χ4v) is 3.50. The van der Waals surface area contributed by atoms with Crippen molar-refractivity contribution in [2.45, 2.75) is 13.3 Å². The van der Waals surface area contributed by atoms with Gasteiger partial charge in [-0.15, -0.1) is 11.3 Å². The second-order valence-corrected chi connectivity index (χ2v) is 6.04. The molecule has 0 amide bonds. The van der Waals surface area contributed by atoms with Gasteiger partial charge in [-0.3, -0.25) is 4.79 Å². The van der Waals surface area contributed by atoms with Crippen LogP contribution in [0.3, 0.4) is 0 Å². The number of rotatable bonds is 4. The third kappa shape index (κ3) is 2.62. The Labute approximate surface area is 126 Å². The van der Waals surface area contributed by atoms with Crippen molar-refractivity contribution in [1.29, 1.82) is 0 Å². The van der Waals surface area contributed by atoms with Crippen LogP contribution in [0.15, 0.2) is 35.1 Å². The van der Waals surface area contributed by atoms with Crippen LogP contribution < -0.4 is 5.56 Å². The van der Waals surface area contributed by atoms with Crippen molar-refractivity contribution in [3.05, 3.63) is 51.4 Å². The summed E-state index contributed by atoms with van der Waals surface area (Å²) in [5.41, 5.74) is 1.97. The number of ether oxygens (including phenoxy) is 1. The van der Waals surface area contributed by atoms with E-state index in [0.29, 0.717) is 24.2 Å². The molecule has 0 unspecified atom stereocenters. The first-order valence-electron chi connectivity index (χ1n) is 6.77. The van der Waals surface area contributed by atoms with E-state index >= 15 is 0 Å². The molecular formula is C16H16N2O2S. The summed E-state index contributed by atoms with van der Waals surface area (Å²) < 4.78 is 5.04. The quantitative estimate of drug-likeness (QED) is 0.805. The van der Waals surface area contributed by atoms with Gasteiger partial charge >= 0.3 is 0 Å². The van der Waals surface area contributed by atoms with E-state index in [9.17, 15) is 4.79 Å². The van der Waals surface area contributed by atoms with Crippen molar-refractivity contribution in [2.75, 3.05) is 13.7 Å². The van der Waals surface area contributed by atoms with Gasteiger partial charge in [0.15, 0.2) is 0 Å². The predicted octanol–water partition coefficient (Wildman–Crippen LogP) is 3.15. The second kappa shape index (κ2) is 5.79. The molecule has 108 valence electrons. The molecule has 0 aliphatic heterocycles. The maximum Gasteiger partial charge on any atom is 0.260 e. The van der Waals surface area contributed by atoms with E-state index in [1.165, 1.54) is 0 Å². The average molecular weight is 300 g/mol. The number of fused-ring (bicyclic) bond motifs is 1. The standard InChI is InChI=1S/C16H16N2O2S/c1-10-13(11-6-4-3-5-7-11)14-15(19)17-12(8-9-20-2)18-16(14)21-10/h3-7H,8-9H2,1-2H3,(H,17,18,19). The lowest BCUT2D eigenvalue weighted by atomic mass is 10.0. The van der Waals surface area contributed by atoms with E-state index in [0.717, 1.165) is 20.8 Å². The van der Waals surface area contributed by atoms with E-state index in [1.54, 1.807) is 18.4 Å². The predicted molar refractivity (Wildman–Crippen MR) is 86.0 cm³/mol. The van der Waals surface area contributed by atoms with E-state index < -0.39 is 0 Å². The summed E-state index contributed by atoms with van der Waals surface area (Å²) in [7, 11) is 1.64. The number of hydrogen-bond donors (Lipinski definition) is 1. The van der Waals surface area contributed by atoms with Gasteiger partial charge in [-0.25, -0.2) is 4.98 Å². The highest BCUT2D eigenvalue weighted by atomic mass is 32.1. The van der Waals surface area contributed by atoms with Crippen molar-refractivity contribution < 1.29 is 4.74 Å². The molecule has 5 heteroatoms. The van der Waals surface area contributed by atoms with Crippen molar-refractivity contribution in [1.82, 2.24) is 9.97 Å². The lowest BCUT2D eigenvalue weighted by Gasteiger charge is -2.02. The van der Waals surface area contributed by atoms with Crippen LogP contribution in [0, 0.1) is 6.92 Å². The van der Waals surface area contributed by atoms with E-state index in [1.807, 2.05) is 37.3 Å². The van der Waals surface area contributed by atoms with Gasteiger partial charge in [-0.2, -0.15) is 0 Å². The summed E-state index contributed by atoms with van der Waals surface area (Å²) in [6.07, 6.45) is 0.610. The topological polar surface area (TPSA) is 55.0 Å². The molecule has 0 aliphatic rings. The van der Waals surface area contributed by atoms with Crippen LogP contribution >= 0.6 is 11.3 Å². The van der Waals surface area contributed by atoms with Gasteiger partial charge in [-0.05, 0) is 12.5 Å². The zero-order valence-electron chi connectivity index (χ0n) is 12.0. The lowest BCUT2D eigenvalue weighted by molar-refractivity contribution is 0.200. The van der Waals surface area contributed by atoms with Gasteiger partial charge in [0.2, 0.25) is 0 Å². The van der Waals surface area contributed by atoms with Gasteiger partial charge in [0.1, 0.15) is 10.7 Å². The molecule has 0 fully saturated rings. The molecule has 1 aromatic carbocycles. The zero-order chi connectivity index (χ0) is 14.8. The molecule has 0 saturated heterocycles. The van der Waals surface area contributed by atoms with Crippen LogP contribution in [0.25, 0.3) is 21.3 Å². The minimum Gasteiger partial charge on any atom is -0.384 e. The van der Waals surface area contributed by atoms with Crippen LogP contribution in [-0.2, 0) is 11.2 Å². The van der Waals surface area contributed by atoms with Gasteiger partial charge in [0.05, 0.1) is 12.0 Å². The minimum absolute atomic E-state index is 0.0747. The Morgan fingerprint density at radius 1 is 1.29 bits per heavy atom. The third-order valence-corrected chi connectivity index (χ3v) is 4.39. The number of aromatic amines is 1. The molecule has 0 aliphatic carbocycles. The molecule has 21 heavy (non-hydrogen) atoms. The Hall–Kier alpha value is -1.98. The molecule has 0 bridgehead atoms. The molecular weight excluding hydrogens is 284 g/mol. The summed E-state index contributed by atoms with van der Waals surface area (Å²) in [6.45, 7) is 2.58. The molecule has 2 aromatic heterocycles. The Kier molecular flexibility index (Phi) is 3.86. The van der Waals surface area contributed by atoms with Crippen LogP contribution in [0.2, 0.25) is 0 Å². The number of aryl methyl sites for hydroxylation is 1. The molecule has 0 saturated carbocycles. The Morgan fingerprint density at radius 2 is 2.05 bits per heavy atom. The first-order chi connectivity index (χ1) is 10.2. The monoisotopic (exact) mass is 300 g/mol. The van der Waals surface area contributed by atoms with Crippen LogP contribution in [0.1, 0.15) is 10.7 Å². The highest BCUT2D eigenvalue weighted by molar-refractivity contribution is 7.19. The Bertz CT molecular complexity index is 821. The summed E-state index contributed by atoms with van der Waals surface area (Å²) in [6, 6.07) is 9.97. The van der Waals surface area contributed by atoms with Crippen molar-refractivity contribution in [2.24, 2.45) is 0 Å². The number of benzene rings is 1. The van der Waals surface area contributed by atoms with Gasteiger partial charge in [-0.1, -0.05) is 30.3 Å². The fourth-order valence-electron chi connectivity index (χ4n) is 2.43. The van der Waals surface area contributed by atoms with Gasteiger partial charge in [0, 0.05) is 24.0 Å². The first kappa shape index (κ1) is 14.0. The molecule has 4 nitrogen and oxygen atoms in total. The molecule has 1 N–H and O–H groups in total. The Balaban J connectivity index is 2.19. The van der Waals surface area contributed by atoms with Gasteiger partial charge < -0.3 is 9.72 Å². The first-order valence-corrected chi connectivity index (χ1v) is 7.59. The maximum absolute atomic E-state index is 12.4. The van der Waals surface area contributed by atoms with Crippen molar-refractivity contribution >= 4 is 21.6 Å². The average Bonchev–Trinajstić information content (AvgIpc) is 2.82. The summed E-state index contributed by atoms with van der Waals surface area (Å²) in [5.74, 6) is 0.676. The minimum atomic E-state index is -0.0747. The number of aromatic nitrogens is 2. The van der Waals surface area contributed by atoms with E-state index in [4.69, 9.17) is 4.74 Å². The summed E-state index contributed by atoms with van der Waals surface area (Å²) >= 11 is 1.56. The van der Waals surface area contributed by atoms with Crippen LogP contribution in [-0.4, -0.2) is 23.7 Å².